The molecule has 0 aliphatic carbocycles. The van der Waals surface area contributed by atoms with E-state index in [2.05, 4.69) is 13.8 Å². The number of hydrogen-bond donors (Lipinski definition) is 1. The van der Waals surface area contributed by atoms with Crippen molar-refractivity contribution in [2.24, 2.45) is 0 Å². The summed E-state index contributed by atoms with van der Waals surface area (Å²) < 4.78 is 0.0932. The Morgan fingerprint density at radius 1 is 1.45 bits per heavy atom. The minimum Gasteiger partial charge on any atom is -0.478 e. The third kappa shape index (κ3) is 3.86. The molecular weight excluding hydrogens is 294 g/mol. The van der Waals surface area contributed by atoms with Gasteiger partial charge in [-0.1, -0.05) is 0 Å². The zero-order chi connectivity index (χ0) is 14.8. The molecule has 1 aliphatic rings. The maximum Gasteiger partial charge on any atom is 0.328 e. The summed E-state index contributed by atoms with van der Waals surface area (Å²) in [6, 6.07) is 1.75. The van der Waals surface area contributed by atoms with Gasteiger partial charge in [0, 0.05) is 39.9 Å². The molecule has 0 aromatic carbocycles. The number of carboxylic acid groups (broad SMARTS) is 1. The van der Waals surface area contributed by atoms with Crippen LogP contribution in [0.5, 0.6) is 0 Å². The Morgan fingerprint density at radius 2 is 2.20 bits per heavy atom. The summed E-state index contributed by atoms with van der Waals surface area (Å²) in [5.41, 5.74) is 0.641. The van der Waals surface area contributed by atoms with Gasteiger partial charge in [0.25, 0.3) is 5.91 Å². The number of nitrogens with zero attached hydrogens (tertiary/aromatic N) is 1. The number of amides is 1. The van der Waals surface area contributed by atoms with Crippen LogP contribution in [0.1, 0.15) is 29.1 Å². The molecule has 0 radical (unpaired) electrons. The Morgan fingerprint density at radius 3 is 2.85 bits per heavy atom. The van der Waals surface area contributed by atoms with Crippen LogP contribution < -0.4 is 0 Å². The Balaban J connectivity index is 2.08. The quantitative estimate of drug-likeness (QED) is 0.872. The van der Waals surface area contributed by atoms with Crippen molar-refractivity contribution in [1.82, 2.24) is 4.90 Å². The van der Waals surface area contributed by atoms with Crippen LogP contribution in [0, 0.1) is 0 Å². The minimum atomic E-state index is -0.985. The van der Waals surface area contributed by atoms with E-state index in [9.17, 15) is 9.59 Å². The van der Waals surface area contributed by atoms with Gasteiger partial charge in [0.15, 0.2) is 0 Å². The molecule has 1 aliphatic heterocycles. The van der Waals surface area contributed by atoms with Crippen LogP contribution in [-0.2, 0) is 4.79 Å². The molecule has 0 saturated carbocycles. The van der Waals surface area contributed by atoms with E-state index in [4.69, 9.17) is 5.11 Å². The van der Waals surface area contributed by atoms with E-state index >= 15 is 0 Å². The summed E-state index contributed by atoms with van der Waals surface area (Å²) in [6.07, 6.45) is 2.60. The first kappa shape index (κ1) is 15.1. The molecule has 1 N–H and O–H groups in total. The second kappa shape index (κ2) is 6.01. The lowest BCUT2D eigenvalue weighted by atomic mass is 10.1. The molecule has 108 valence electrons. The van der Waals surface area contributed by atoms with Gasteiger partial charge in [-0.3, -0.25) is 4.79 Å². The first-order valence-electron chi connectivity index (χ1n) is 6.30. The predicted octanol–water partition coefficient (Wildman–Crippen LogP) is 2.81. The number of rotatable bonds is 3. The van der Waals surface area contributed by atoms with Gasteiger partial charge in [-0.2, -0.15) is 11.8 Å². The Labute approximate surface area is 126 Å². The molecule has 2 rings (SSSR count). The highest BCUT2D eigenvalue weighted by molar-refractivity contribution is 8.00. The number of thiophene rings is 1. The highest BCUT2D eigenvalue weighted by atomic mass is 32.2. The third-order valence-electron chi connectivity index (χ3n) is 2.97. The predicted molar refractivity (Wildman–Crippen MR) is 83.4 cm³/mol. The van der Waals surface area contributed by atoms with E-state index in [-0.39, 0.29) is 10.7 Å². The molecule has 1 amide bonds. The summed E-state index contributed by atoms with van der Waals surface area (Å²) in [4.78, 5) is 25.6. The zero-order valence-electron chi connectivity index (χ0n) is 11.5. The SMILES string of the molecule is CC1(C)CN(C(=O)c2csc(/C=C/C(=O)O)c2)CCS1. The van der Waals surface area contributed by atoms with Crippen LogP contribution >= 0.6 is 23.1 Å². The van der Waals surface area contributed by atoms with E-state index in [1.165, 1.54) is 17.4 Å². The molecule has 20 heavy (non-hydrogen) atoms. The van der Waals surface area contributed by atoms with Gasteiger partial charge in [0.1, 0.15) is 0 Å². The van der Waals surface area contributed by atoms with E-state index in [1.807, 2.05) is 16.7 Å². The van der Waals surface area contributed by atoms with Crippen molar-refractivity contribution in [3.63, 3.8) is 0 Å². The molecule has 4 nitrogen and oxygen atoms in total. The first-order valence-corrected chi connectivity index (χ1v) is 8.17. The number of carbonyl (C=O) groups is 2. The largest absolute Gasteiger partial charge is 0.478 e. The van der Waals surface area contributed by atoms with Gasteiger partial charge < -0.3 is 10.0 Å². The number of thioether (sulfide) groups is 1. The van der Waals surface area contributed by atoms with Crippen LogP contribution in [-0.4, -0.2) is 45.5 Å². The molecule has 0 unspecified atom stereocenters. The second-order valence-corrected chi connectivity index (χ2v) is 7.99. The average molecular weight is 311 g/mol. The van der Waals surface area contributed by atoms with Crippen molar-refractivity contribution in [2.45, 2.75) is 18.6 Å². The second-order valence-electron chi connectivity index (χ2n) is 5.24. The van der Waals surface area contributed by atoms with Crippen molar-refractivity contribution < 1.29 is 14.7 Å². The summed E-state index contributed by atoms with van der Waals surface area (Å²) >= 11 is 3.27. The van der Waals surface area contributed by atoms with Gasteiger partial charge >= 0.3 is 5.97 Å². The Bertz CT molecular complexity index is 548. The fraction of sp³-hybridized carbons (Fsp3) is 0.429. The van der Waals surface area contributed by atoms with Crippen molar-refractivity contribution in [3.8, 4) is 0 Å². The molecule has 1 saturated heterocycles. The van der Waals surface area contributed by atoms with Crippen molar-refractivity contribution in [2.75, 3.05) is 18.8 Å². The standard InChI is InChI=1S/C14H17NO3S2/c1-14(2)9-15(5-6-20-14)13(18)10-7-11(19-8-10)3-4-12(16)17/h3-4,7-8H,5-6,9H2,1-2H3,(H,16,17)/b4-3+. The molecule has 1 aromatic rings. The fourth-order valence-corrected chi connectivity index (χ4v) is 3.96. The highest BCUT2D eigenvalue weighted by Gasteiger charge is 2.30. The Hall–Kier alpha value is -1.27. The summed E-state index contributed by atoms with van der Waals surface area (Å²) in [6.45, 7) is 5.80. The smallest absolute Gasteiger partial charge is 0.328 e. The van der Waals surface area contributed by atoms with Gasteiger partial charge in [0.05, 0.1) is 5.56 Å². The number of aliphatic carboxylic acids is 1. The van der Waals surface area contributed by atoms with E-state index in [1.54, 1.807) is 11.4 Å². The molecule has 6 heteroatoms. The van der Waals surface area contributed by atoms with Crippen molar-refractivity contribution in [1.29, 1.82) is 0 Å². The lowest BCUT2D eigenvalue weighted by molar-refractivity contribution is -0.131. The van der Waals surface area contributed by atoms with Gasteiger partial charge in [-0.15, -0.1) is 11.3 Å². The van der Waals surface area contributed by atoms with Crippen LogP contribution in [0.4, 0.5) is 0 Å². The van der Waals surface area contributed by atoms with Crippen molar-refractivity contribution >= 4 is 41.1 Å². The van der Waals surface area contributed by atoms with Crippen LogP contribution in [0.25, 0.3) is 6.08 Å². The number of carboxylic acids is 1. The lowest BCUT2D eigenvalue weighted by Gasteiger charge is -2.37. The lowest BCUT2D eigenvalue weighted by Crippen LogP contribution is -2.46. The molecule has 0 bridgehead atoms. The van der Waals surface area contributed by atoms with Gasteiger partial charge in [-0.05, 0) is 26.0 Å². The third-order valence-corrected chi connectivity index (χ3v) is 5.16. The maximum atomic E-state index is 12.4. The molecule has 0 spiro atoms. The molecule has 0 atom stereocenters. The fourth-order valence-electron chi connectivity index (χ4n) is 2.08. The molecule has 1 aromatic heterocycles. The van der Waals surface area contributed by atoms with Crippen LogP contribution in [0.3, 0.4) is 0 Å². The van der Waals surface area contributed by atoms with E-state index < -0.39 is 5.97 Å². The van der Waals surface area contributed by atoms with Gasteiger partial charge in [0.2, 0.25) is 0 Å². The highest BCUT2D eigenvalue weighted by Crippen LogP contribution is 2.30. The van der Waals surface area contributed by atoms with Gasteiger partial charge in [-0.25, -0.2) is 4.79 Å². The monoisotopic (exact) mass is 311 g/mol. The maximum absolute atomic E-state index is 12.4. The summed E-state index contributed by atoms with van der Waals surface area (Å²) in [5.74, 6) is -0.0000457. The average Bonchev–Trinajstić information content (AvgIpc) is 2.83. The first-order chi connectivity index (χ1) is 9.37. The molecule has 2 heterocycles. The minimum absolute atomic E-state index is 0.0320. The zero-order valence-corrected chi connectivity index (χ0v) is 13.1. The Kier molecular flexibility index (Phi) is 4.55. The van der Waals surface area contributed by atoms with Crippen LogP contribution in [0.2, 0.25) is 0 Å². The molecule has 1 fully saturated rings. The molecular formula is C14H17NO3S2. The topological polar surface area (TPSA) is 57.6 Å². The van der Waals surface area contributed by atoms with Crippen molar-refractivity contribution in [3.05, 3.63) is 28.0 Å². The van der Waals surface area contributed by atoms with E-state index in [0.717, 1.165) is 29.8 Å². The number of hydrogen-bond acceptors (Lipinski definition) is 4. The summed E-state index contributed by atoms with van der Waals surface area (Å²) in [5, 5.41) is 10.4. The van der Waals surface area contributed by atoms with Crippen LogP contribution in [0.15, 0.2) is 17.5 Å². The number of carbonyl (C=O) groups excluding carboxylic acids is 1. The normalized spacial score (nSPS) is 18.4. The summed E-state index contributed by atoms with van der Waals surface area (Å²) in [7, 11) is 0. The van der Waals surface area contributed by atoms with E-state index in [0.29, 0.717) is 5.56 Å².